The normalized spacial score (nSPS) is 10.7. The molecule has 0 aliphatic carbocycles. The van der Waals surface area contributed by atoms with Crippen molar-refractivity contribution in [3.8, 4) is 5.69 Å². The van der Waals surface area contributed by atoms with Gasteiger partial charge >= 0.3 is 0 Å². The van der Waals surface area contributed by atoms with E-state index in [0.29, 0.717) is 4.99 Å². The molecule has 4 nitrogen and oxygen atoms in total. The van der Waals surface area contributed by atoms with Crippen molar-refractivity contribution in [1.82, 2.24) is 14.5 Å². The Hall–Kier alpha value is -1.75. The number of rotatable bonds is 4. The molecule has 0 fully saturated rings. The number of imidazole rings is 1. The third-order valence-corrected chi connectivity index (χ3v) is 3.21. The minimum absolute atomic E-state index is 0.371. The lowest BCUT2D eigenvalue weighted by Gasteiger charge is -2.15. The average Bonchev–Trinajstić information content (AvgIpc) is 2.75. The van der Waals surface area contributed by atoms with Crippen molar-refractivity contribution in [2.24, 2.45) is 5.73 Å². The molecule has 0 unspecified atom stereocenters. The summed E-state index contributed by atoms with van der Waals surface area (Å²) in [5.41, 5.74) is 9.46. The molecule has 5 heteroatoms. The van der Waals surface area contributed by atoms with Crippen LogP contribution in [0.5, 0.6) is 0 Å². The van der Waals surface area contributed by atoms with Crippen LogP contribution in [-0.4, -0.2) is 19.5 Å². The summed E-state index contributed by atoms with van der Waals surface area (Å²) in [6, 6.07) is 2.00. The molecule has 2 rings (SSSR count). The quantitative estimate of drug-likeness (QED) is 0.870. The number of hydrogen-bond acceptors (Lipinski definition) is 3. The van der Waals surface area contributed by atoms with Crippen molar-refractivity contribution >= 4 is 17.2 Å². The predicted molar refractivity (Wildman–Crippen MR) is 80.7 cm³/mol. The fourth-order valence-electron chi connectivity index (χ4n) is 2.26. The Kier molecular flexibility index (Phi) is 3.95. The van der Waals surface area contributed by atoms with Crippen LogP contribution in [0.15, 0.2) is 18.5 Å². The summed E-state index contributed by atoms with van der Waals surface area (Å²) >= 11 is 5.17. The van der Waals surface area contributed by atoms with E-state index in [0.717, 1.165) is 41.3 Å². The van der Waals surface area contributed by atoms with Crippen LogP contribution in [0.4, 0.5) is 0 Å². The zero-order valence-electron chi connectivity index (χ0n) is 11.5. The van der Waals surface area contributed by atoms with E-state index < -0.39 is 0 Å². The average molecular weight is 274 g/mol. The predicted octanol–water partition coefficient (Wildman–Crippen LogP) is 2.47. The van der Waals surface area contributed by atoms with E-state index in [1.165, 1.54) is 0 Å². The van der Waals surface area contributed by atoms with Gasteiger partial charge in [0.25, 0.3) is 0 Å². The maximum atomic E-state index is 5.85. The number of pyridine rings is 1. The van der Waals surface area contributed by atoms with Crippen LogP contribution >= 0.6 is 12.2 Å². The third-order valence-electron chi connectivity index (χ3n) is 3.00. The van der Waals surface area contributed by atoms with E-state index in [4.69, 9.17) is 18.0 Å². The van der Waals surface area contributed by atoms with Crippen LogP contribution in [0.25, 0.3) is 5.69 Å². The lowest BCUT2D eigenvalue weighted by molar-refractivity contribution is 0.806. The highest BCUT2D eigenvalue weighted by atomic mass is 32.1. The van der Waals surface area contributed by atoms with E-state index in [9.17, 15) is 0 Å². The van der Waals surface area contributed by atoms with E-state index in [1.807, 2.05) is 26.1 Å². The van der Waals surface area contributed by atoms with Crippen LogP contribution in [-0.2, 0) is 6.42 Å². The molecule has 0 aliphatic heterocycles. The van der Waals surface area contributed by atoms with Gasteiger partial charge < -0.3 is 10.3 Å². The second-order valence-electron chi connectivity index (χ2n) is 4.57. The smallest absolute Gasteiger partial charge is 0.113 e. The summed E-state index contributed by atoms with van der Waals surface area (Å²) in [6.07, 6.45) is 5.72. The Morgan fingerprint density at radius 3 is 2.79 bits per heavy atom. The van der Waals surface area contributed by atoms with Crippen LogP contribution in [0, 0.1) is 13.8 Å². The molecule has 0 saturated carbocycles. The molecule has 2 heterocycles. The highest BCUT2D eigenvalue weighted by molar-refractivity contribution is 7.80. The molecular weight excluding hydrogens is 256 g/mol. The van der Waals surface area contributed by atoms with Gasteiger partial charge in [-0.05, 0) is 26.3 Å². The number of hydrogen-bond donors (Lipinski definition) is 1. The molecule has 2 aromatic rings. The Labute approximate surface area is 118 Å². The van der Waals surface area contributed by atoms with E-state index in [-0.39, 0.29) is 0 Å². The van der Waals surface area contributed by atoms with Crippen LogP contribution < -0.4 is 5.73 Å². The maximum absolute atomic E-state index is 5.85. The van der Waals surface area contributed by atoms with Gasteiger partial charge in [-0.3, -0.25) is 4.98 Å². The molecular formula is C14H18N4S. The van der Waals surface area contributed by atoms with Gasteiger partial charge in [0.15, 0.2) is 0 Å². The van der Waals surface area contributed by atoms with Crippen molar-refractivity contribution in [3.63, 3.8) is 0 Å². The maximum Gasteiger partial charge on any atom is 0.113 e. The van der Waals surface area contributed by atoms with Crippen molar-refractivity contribution < 1.29 is 0 Å². The number of aromatic nitrogens is 3. The Morgan fingerprint density at radius 1 is 1.42 bits per heavy atom. The molecule has 0 atom stereocenters. The van der Waals surface area contributed by atoms with Gasteiger partial charge in [0.2, 0.25) is 0 Å². The number of thiocarbonyl (C=S) groups is 1. The van der Waals surface area contributed by atoms with E-state index in [1.54, 1.807) is 6.20 Å². The van der Waals surface area contributed by atoms with E-state index >= 15 is 0 Å². The van der Waals surface area contributed by atoms with Crippen molar-refractivity contribution in [3.05, 3.63) is 41.2 Å². The fraction of sp³-hybridized carbons (Fsp3) is 0.357. The van der Waals surface area contributed by atoms with Crippen LogP contribution in [0.2, 0.25) is 0 Å². The molecule has 0 spiro atoms. The molecule has 2 aromatic heterocycles. The topological polar surface area (TPSA) is 56.7 Å². The van der Waals surface area contributed by atoms with Crippen molar-refractivity contribution in [2.45, 2.75) is 33.6 Å². The Balaban J connectivity index is 2.66. The lowest BCUT2D eigenvalue weighted by atomic mass is 10.1. The highest BCUT2D eigenvalue weighted by Crippen LogP contribution is 2.20. The summed E-state index contributed by atoms with van der Waals surface area (Å²) in [5.74, 6) is 1.02. The molecule has 2 N–H and O–H groups in total. The van der Waals surface area contributed by atoms with Gasteiger partial charge in [-0.1, -0.05) is 19.1 Å². The first-order valence-corrected chi connectivity index (χ1v) is 6.76. The first-order valence-electron chi connectivity index (χ1n) is 6.35. The molecule has 0 radical (unpaired) electrons. The fourth-order valence-corrected chi connectivity index (χ4v) is 2.52. The summed E-state index contributed by atoms with van der Waals surface area (Å²) in [6.45, 7) is 6.04. The highest BCUT2D eigenvalue weighted by Gasteiger charge is 2.14. The number of nitrogens with two attached hydrogens (primary N) is 1. The first kappa shape index (κ1) is 13.7. The summed E-state index contributed by atoms with van der Waals surface area (Å²) in [5, 5.41) is 0. The summed E-state index contributed by atoms with van der Waals surface area (Å²) in [4.78, 5) is 9.21. The van der Waals surface area contributed by atoms with Gasteiger partial charge in [0.1, 0.15) is 10.8 Å². The standard InChI is InChI=1S/C14H18N4S/c1-4-5-12-16-6-7-18(12)11-8-9(2)17-10(3)13(11)14(15)19/h6-8H,4-5H2,1-3H3,(H2,15,19). The monoisotopic (exact) mass is 274 g/mol. The SMILES string of the molecule is CCCc1nccn1-c1cc(C)nc(C)c1C(N)=S. The third kappa shape index (κ3) is 2.66. The number of aryl methyl sites for hydroxylation is 3. The molecule has 0 bridgehead atoms. The minimum Gasteiger partial charge on any atom is -0.389 e. The minimum atomic E-state index is 0.371. The second-order valence-corrected chi connectivity index (χ2v) is 5.01. The largest absolute Gasteiger partial charge is 0.389 e. The van der Waals surface area contributed by atoms with Crippen LogP contribution in [0.1, 0.15) is 36.1 Å². The van der Waals surface area contributed by atoms with Crippen molar-refractivity contribution in [1.29, 1.82) is 0 Å². The van der Waals surface area contributed by atoms with Gasteiger partial charge in [-0.25, -0.2) is 4.98 Å². The lowest BCUT2D eigenvalue weighted by Crippen LogP contribution is -2.17. The molecule has 0 aliphatic rings. The van der Waals surface area contributed by atoms with Crippen LogP contribution in [0.3, 0.4) is 0 Å². The zero-order chi connectivity index (χ0) is 14.0. The zero-order valence-corrected chi connectivity index (χ0v) is 12.3. The van der Waals surface area contributed by atoms with Gasteiger partial charge in [0, 0.05) is 30.2 Å². The van der Waals surface area contributed by atoms with Crippen molar-refractivity contribution in [2.75, 3.05) is 0 Å². The Morgan fingerprint density at radius 2 is 2.16 bits per heavy atom. The molecule has 100 valence electrons. The summed E-state index contributed by atoms with van der Waals surface area (Å²) < 4.78 is 2.06. The van der Waals surface area contributed by atoms with E-state index in [2.05, 4.69) is 21.5 Å². The molecule has 19 heavy (non-hydrogen) atoms. The van der Waals surface area contributed by atoms with Gasteiger partial charge in [0.05, 0.1) is 11.3 Å². The second kappa shape index (κ2) is 5.48. The molecule has 0 aromatic carbocycles. The molecule has 0 saturated heterocycles. The summed E-state index contributed by atoms with van der Waals surface area (Å²) in [7, 11) is 0. The Bertz CT molecular complexity index is 616. The van der Waals surface area contributed by atoms with Gasteiger partial charge in [-0.2, -0.15) is 0 Å². The number of nitrogens with zero attached hydrogens (tertiary/aromatic N) is 3. The molecule has 0 amide bonds. The first-order chi connectivity index (χ1) is 9.04. The van der Waals surface area contributed by atoms with Gasteiger partial charge in [-0.15, -0.1) is 0 Å².